The van der Waals surface area contributed by atoms with Gasteiger partial charge >= 0.3 is 6.03 Å². The Morgan fingerprint density at radius 3 is 2.03 bits per heavy atom. The Morgan fingerprint density at radius 2 is 1.45 bits per heavy atom. The minimum atomic E-state index is -0.311. The summed E-state index contributed by atoms with van der Waals surface area (Å²) in [5.41, 5.74) is 6.84. The number of fused-ring (bicyclic) bond motifs is 1. The van der Waals surface area contributed by atoms with Crippen LogP contribution in [0.4, 0.5) is 4.79 Å². The highest BCUT2D eigenvalue weighted by atomic mass is 16.2. The first-order valence-corrected chi connectivity index (χ1v) is 11.2. The number of hydrogen-bond donors (Lipinski definition) is 1. The Bertz CT molecular complexity index is 1030. The van der Waals surface area contributed by atoms with Gasteiger partial charge in [0.05, 0.1) is 0 Å². The van der Waals surface area contributed by atoms with Crippen molar-refractivity contribution in [3.05, 3.63) is 70.3 Å². The third-order valence-corrected chi connectivity index (χ3v) is 7.49. The second-order valence-corrected chi connectivity index (χ2v) is 11.1. The molecule has 0 unspecified atom stereocenters. The number of urea groups is 1. The van der Waals surface area contributed by atoms with Gasteiger partial charge in [-0.05, 0) is 51.5 Å². The van der Waals surface area contributed by atoms with E-state index in [2.05, 4.69) is 89.3 Å². The van der Waals surface area contributed by atoms with E-state index >= 15 is 0 Å². The summed E-state index contributed by atoms with van der Waals surface area (Å²) in [5.74, 6) is -0.235. The van der Waals surface area contributed by atoms with Gasteiger partial charge in [0.15, 0.2) is 0 Å². The number of carbonyl (C=O) groups is 2. The number of benzene rings is 2. The molecular formula is C27H34N2O2. The van der Waals surface area contributed by atoms with E-state index in [-0.39, 0.29) is 34.7 Å². The quantitative estimate of drug-likeness (QED) is 0.675. The summed E-state index contributed by atoms with van der Waals surface area (Å²) in [5, 5.41) is 2.33. The third-order valence-electron chi connectivity index (χ3n) is 7.49. The van der Waals surface area contributed by atoms with Crippen LogP contribution in [0, 0.1) is 0 Å². The predicted octanol–water partition coefficient (Wildman–Crippen LogP) is 5.41. The first-order valence-electron chi connectivity index (χ1n) is 11.2. The van der Waals surface area contributed by atoms with E-state index < -0.39 is 0 Å². The van der Waals surface area contributed by atoms with Gasteiger partial charge in [0.2, 0.25) is 5.91 Å². The summed E-state index contributed by atoms with van der Waals surface area (Å²) < 4.78 is 0. The highest BCUT2D eigenvalue weighted by molar-refractivity contribution is 6.01. The van der Waals surface area contributed by atoms with E-state index in [1.54, 1.807) is 0 Å². The Morgan fingerprint density at radius 1 is 0.871 bits per heavy atom. The molecule has 1 heterocycles. The number of hydrogen-bond acceptors (Lipinski definition) is 2. The van der Waals surface area contributed by atoms with Crippen molar-refractivity contribution in [1.82, 2.24) is 10.2 Å². The van der Waals surface area contributed by atoms with Crippen molar-refractivity contribution in [2.75, 3.05) is 6.54 Å². The van der Waals surface area contributed by atoms with Crippen molar-refractivity contribution < 1.29 is 9.59 Å². The van der Waals surface area contributed by atoms with E-state index in [1.165, 1.54) is 40.0 Å². The lowest BCUT2D eigenvalue weighted by molar-refractivity contribution is -0.118. The number of rotatable bonds is 4. The molecule has 31 heavy (non-hydrogen) atoms. The summed E-state index contributed by atoms with van der Waals surface area (Å²) >= 11 is 0. The van der Waals surface area contributed by atoms with Crippen LogP contribution < -0.4 is 5.32 Å². The number of imide groups is 1. The molecule has 2 aromatic carbocycles. The second-order valence-electron chi connectivity index (χ2n) is 11.1. The average Bonchev–Trinajstić information content (AvgIpc) is 3.02. The predicted molar refractivity (Wildman–Crippen MR) is 124 cm³/mol. The van der Waals surface area contributed by atoms with E-state index in [0.29, 0.717) is 6.54 Å². The van der Waals surface area contributed by atoms with E-state index in [4.69, 9.17) is 0 Å². The maximum absolute atomic E-state index is 11.8. The molecule has 1 N–H and O–H groups in total. The van der Waals surface area contributed by atoms with Gasteiger partial charge in [-0.15, -0.1) is 0 Å². The van der Waals surface area contributed by atoms with Crippen molar-refractivity contribution in [2.24, 2.45) is 0 Å². The molecule has 0 aromatic heterocycles. The Hall–Kier alpha value is -2.62. The fourth-order valence-electron chi connectivity index (χ4n) is 5.00. The van der Waals surface area contributed by atoms with Gasteiger partial charge in [-0.2, -0.15) is 0 Å². The fourth-order valence-corrected chi connectivity index (χ4v) is 5.00. The second kappa shape index (κ2) is 7.22. The van der Waals surface area contributed by atoms with Crippen LogP contribution in [0.5, 0.6) is 0 Å². The summed E-state index contributed by atoms with van der Waals surface area (Å²) in [6.45, 7) is 14.6. The lowest BCUT2D eigenvalue weighted by Gasteiger charge is -2.43. The molecule has 2 aromatic rings. The van der Waals surface area contributed by atoms with Gasteiger partial charge < -0.3 is 4.90 Å². The van der Waals surface area contributed by atoms with Crippen LogP contribution in [0.3, 0.4) is 0 Å². The standard InChI is InChI=1S/C27H34N2O2/c1-25(2)13-14-26(3,4)22-15-20(11-12-21(22)25)27(5,6)19-9-7-18(8-10-19)16-29-17-23(30)28-24(29)31/h7-12,15H,13-14,16-17H2,1-6H3,(H,28,30,31). The maximum atomic E-state index is 11.8. The topological polar surface area (TPSA) is 49.4 Å². The van der Waals surface area contributed by atoms with Gasteiger partial charge in [-0.25, -0.2) is 4.79 Å². The van der Waals surface area contributed by atoms with Gasteiger partial charge in [-0.3, -0.25) is 10.1 Å². The van der Waals surface area contributed by atoms with Gasteiger partial charge in [0.1, 0.15) is 6.54 Å². The molecular weight excluding hydrogens is 384 g/mol. The first kappa shape index (κ1) is 21.6. The first-order chi connectivity index (χ1) is 14.4. The Kier molecular flexibility index (Phi) is 5.03. The van der Waals surface area contributed by atoms with Crippen molar-refractivity contribution in [2.45, 2.75) is 77.2 Å². The molecule has 0 spiro atoms. The van der Waals surface area contributed by atoms with Crippen molar-refractivity contribution in [3.63, 3.8) is 0 Å². The van der Waals surface area contributed by atoms with Gasteiger partial charge in [-0.1, -0.05) is 84.0 Å². The van der Waals surface area contributed by atoms with E-state index in [0.717, 1.165) is 5.56 Å². The zero-order valence-corrected chi connectivity index (χ0v) is 19.6. The lowest BCUT2D eigenvalue weighted by Crippen LogP contribution is -2.34. The molecule has 1 aliphatic carbocycles. The minimum absolute atomic E-state index is 0.132. The lowest BCUT2D eigenvalue weighted by atomic mass is 9.62. The zero-order chi connectivity index (χ0) is 22.6. The molecule has 1 aliphatic heterocycles. The molecule has 4 nitrogen and oxygen atoms in total. The summed E-state index contributed by atoms with van der Waals surface area (Å²) in [7, 11) is 0. The molecule has 2 aliphatic rings. The summed E-state index contributed by atoms with van der Waals surface area (Å²) in [4.78, 5) is 24.8. The molecule has 0 radical (unpaired) electrons. The molecule has 0 saturated carbocycles. The third kappa shape index (κ3) is 3.88. The van der Waals surface area contributed by atoms with Crippen molar-refractivity contribution in [3.8, 4) is 0 Å². The van der Waals surface area contributed by atoms with Crippen LogP contribution in [0.15, 0.2) is 42.5 Å². The van der Waals surface area contributed by atoms with Gasteiger partial charge in [0.25, 0.3) is 0 Å². The molecule has 0 atom stereocenters. The van der Waals surface area contributed by atoms with Crippen LogP contribution in [-0.4, -0.2) is 23.4 Å². The van der Waals surface area contributed by atoms with Gasteiger partial charge in [0, 0.05) is 12.0 Å². The van der Waals surface area contributed by atoms with E-state index in [9.17, 15) is 9.59 Å². The van der Waals surface area contributed by atoms with Crippen LogP contribution >= 0.6 is 0 Å². The zero-order valence-electron chi connectivity index (χ0n) is 19.6. The van der Waals surface area contributed by atoms with Crippen molar-refractivity contribution in [1.29, 1.82) is 0 Å². The SMILES string of the molecule is CC1(C)CCC(C)(C)c2cc(C(C)(C)c3ccc(CN4CC(=O)NC4=O)cc3)ccc21. The number of nitrogens with one attached hydrogen (secondary N) is 1. The van der Waals surface area contributed by atoms with Crippen LogP contribution in [0.1, 0.15) is 82.2 Å². The highest BCUT2D eigenvalue weighted by Crippen LogP contribution is 2.47. The maximum Gasteiger partial charge on any atom is 0.324 e. The van der Waals surface area contributed by atoms with Crippen LogP contribution in [0.25, 0.3) is 0 Å². The number of amides is 3. The fraction of sp³-hybridized carbons (Fsp3) is 0.481. The van der Waals surface area contributed by atoms with E-state index in [1.807, 2.05) is 0 Å². The smallest absolute Gasteiger partial charge is 0.311 e. The van der Waals surface area contributed by atoms with Crippen molar-refractivity contribution >= 4 is 11.9 Å². The minimum Gasteiger partial charge on any atom is -0.311 e. The van der Waals surface area contributed by atoms with Crippen LogP contribution in [0.2, 0.25) is 0 Å². The molecule has 164 valence electrons. The number of nitrogens with zero attached hydrogens (tertiary/aromatic N) is 1. The Labute approximate surface area is 186 Å². The highest BCUT2D eigenvalue weighted by Gasteiger charge is 2.38. The Balaban J connectivity index is 1.61. The normalized spacial score (nSPS) is 19.9. The largest absolute Gasteiger partial charge is 0.324 e. The molecule has 0 bridgehead atoms. The summed E-state index contributed by atoms with van der Waals surface area (Å²) in [6.07, 6.45) is 2.43. The number of carbonyl (C=O) groups excluding carboxylic acids is 2. The average molecular weight is 419 g/mol. The molecule has 1 saturated heterocycles. The monoisotopic (exact) mass is 418 g/mol. The molecule has 1 fully saturated rings. The molecule has 4 rings (SSSR count). The molecule has 3 amide bonds. The molecule has 4 heteroatoms. The van der Waals surface area contributed by atoms with Crippen LogP contribution in [-0.2, 0) is 27.6 Å². The summed E-state index contributed by atoms with van der Waals surface area (Å²) in [6, 6.07) is 15.2.